The lowest BCUT2D eigenvalue weighted by Gasteiger charge is -2.41. The Morgan fingerprint density at radius 2 is 2.24 bits per heavy atom. The molecule has 1 aliphatic rings. The van der Waals surface area contributed by atoms with Gasteiger partial charge in [0.25, 0.3) is 0 Å². The van der Waals surface area contributed by atoms with Crippen LogP contribution in [-0.2, 0) is 10.2 Å². The second kappa shape index (κ2) is 4.35. The van der Waals surface area contributed by atoms with Gasteiger partial charge in [-0.1, -0.05) is 12.5 Å². The average molecular weight is 238 g/mol. The summed E-state index contributed by atoms with van der Waals surface area (Å²) in [6, 6.07) is 4.63. The smallest absolute Gasteiger partial charge is 0.304 e. The maximum Gasteiger partial charge on any atom is 0.304 e. The van der Waals surface area contributed by atoms with Gasteiger partial charge in [-0.15, -0.1) is 0 Å². The molecule has 0 atom stereocenters. The summed E-state index contributed by atoms with van der Waals surface area (Å²) in [5, 5.41) is 8.95. The summed E-state index contributed by atoms with van der Waals surface area (Å²) in [5.41, 5.74) is 0.539. The maximum absolute atomic E-state index is 13.3. The summed E-state index contributed by atoms with van der Waals surface area (Å²) in [6.45, 7) is 0. The zero-order valence-corrected chi connectivity index (χ0v) is 9.70. The molecule has 0 amide bonds. The molecule has 0 unspecified atom stereocenters. The van der Waals surface area contributed by atoms with Crippen LogP contribution < -0.4 is 4.74 Å². The Balaban J connectivity index is 2.34. The van der Waals surface area contributed by atoms with E-state index in [1.807, 2.05) is 0 Å². The molecule has 92 valence electrons. The number of carboxylic acid groups (broad SMARTS) is 1. The predicted molar refractivity (Wildman–Crippen MR) is 60.7 cm³/mol. The number of ether oxygens (including phenoxy) is 1. The molecule has 0 aromatic heterocycles. The monoisotopic (exact) mass is 238 g/mol. The molecule has 1 saturated carbocycles. The van der Waals surface area contributed by atoms with Crippen LogP contribution in [0.25, 0.3) is 0 Å². The van der Waals surface area contributed by atoms with Crippen LogP contribution >= 0.6 is 0 Å². The Morgan fingerprint density at radius 1 is 1.53 bits per heavy atom. The molecule has 17 heavy (non-hydrogen) atoms. The minimum atomic E-state index is -0.812. The SMILES string of the molecule is COc1cc(C2(CC(=O)O)CCC2)ccc1F. The van der Waals surface area contributed by atoms with Crippen molar-refractivity contribution in [3.8, 4) is 5.75 Å². The highest BCUT2D eigenvalue weighted by atomic mass is 19.1. The summed E-state index contributed by atoms with van der Waals surface area (Å²) in [6.07, 6.45) is 2.80. The molecular formula is C13H15FO3. The number of aliphatic carboxylic acids is 1. The standard InChI is InChI=1S/C13H15FO3/c1-17-11-7-9(3-4-10(11)14)13(5-2-6-13)8-12(15)16/h3-4,7H,2,5-6,8H2,1H3,(H,15,16). The fourth-order valence-electron chi connectivity index (χ4n) is 2.45. The fraction of sp³-hybridized carbons (Fsp3) is 0.462. The van der Waals surface area contributed by atoms with Gasteiger partial charge in [0.05, 0.1) is 13.5 Å². The lowest BCUT2D eigenvalue weighted by Crippen LogP contribution is -2.36. The number of carboxylic acids is 1. The molecule has 0 saturated heterocycles. The van der Waals surface area contributed by atoms with Crippen LogP contribution in [0.15, 0.2) is 18.2 Å². The summed E-state index contributed by atoms with van der Waals surface area (Å²) >= 11 is 0. The number of hydrogen-bond donors (Lipinski definition) is 1. The molecule has 0 spiro atoms. The Hall–Kier alpha value is -1.58. The minimum absolute atomic E-state index is 0.0990. The Bertz CT molecular complexity index is 438. The molecule has 1 aliphatic carbocycles. The van der Waals surface area contributed by atoms with Gasteiger partial charge in [-0.05, 0) is 30.5 Å². The van der Waals surface area contributed by atoms with Gasteiger partial charge in [0, 0.05) is 5.41 Å². The average Bonchev–Trinajstić information content (AvgIpc) is 2.24. The highest BCUT2D eigenvalue weighted by molar-refractivity contribution is 5.69. The lowest BCUT2D eigenvalue weighted by molar-refractivity contribution is -0.139. The van der Waals surface area contributed by atoms with Gasteiger partial charge >= 0.3 is 5.97 Å². The molecule has 0 heterocycles. The van der Waals surface area contributed by atoms with Gasteiger partial charge in [-0.25, -0.2) is 4.39 Å². The van der Waals surface area contributed by atoms with E-state index in [1.165, 1.54) is 13.2 Å². The highest BCUT2D eigenvalue weighted by Gasteiger charge is 2.40. The van der Waals surface area contributed by atoms with E-state index in [4.69, 9.17) is 9.84 Å². The number of carbonyl (C=O) groups is 1. The Morgan fingerprint density at radius 3 is 2.71 bits per heavy atom. The number of methoxy groups -OCH3 is 1. The largest absolute Gasteiger partial charge is 0.494 e. The van der Waals surface area contributed by atoms with Crippen molar-refractivity contribution in [1.82, 2.24) is 0 Å². The summed E-state index contributed by atoms with van der Waals surface area (Å²) in [7, 11) is 1.41. The van der Waals surface area contributed by atoms with Crippen molar-refractivity contribution in [2.24, 2.45) is 0 Å². The third-order valence-electron chi connectivity index (χ3n) is 3.56. The van der Waals surface area contributed by atoms with Crippen LogP contribution in [0.5, 0.6) is 5.75 Å². The molecule has 0 radical (unpaired) electrons. The summed E-state index contributed by atoms with van der Waals surface area (Å²) in [5.74, 6) is -1.05. The first kappa shape index (κ1) is 11.9. The van der Waals surface area contributed by atoms with Gasteiger partial charge in [-0.3, -0.25) is 4.79 Å². The first-order valence-electron chi connectivity index (χ1n) is 5.63. The fourth-order valence-corrected chi connectivity index (χ4v) is 2.45. The van der Waals surface area contributed by atoms with Gasteiger partial charge in [0.2, 0.25) is 0 Å². The van der Waals surface area contributed by atoms with E-state index in [-0.39, 0.29) is 17.6 Å². The van der Waals surface area contributed by atoms with Crippen molar-refractivity contribution < 1.29 is 19.0 Å². The minimum Gasteiger partial charge on any atom is -0.494 e. The number of benzene rings is 1. The van der Waals surface area contributed by atoms with E-state index in [0.717, 1.165) is 24.8 Å². The molecule has 1 aromatic rings. The van der Waals surface area contributed by atoms with E-state index in [1.54, 1.807) is 12.1 Å². The van der Waals surface area contributed by atoms with E-state index in [9.17, 15) is 9.18 Å². The van der Waals surface area contributed by atoms with E-state index < -0.39 is 11.8 Å². The Labute approximate surface area is 99.2 Å². The summed E-state index contributed by atoms with van der Waals surface area (Å²) < 4.78 is 18.2. The first-order chi connectivity index (χ1) is 8.07. The quantitative estimate of drug-likeness (QED) is 0.877. The van der Waals surface area contributed by atoms with Crippen molar-refractivity contribution in [2.45, 2.75) is 31.1 Å². The summed E-state index contributed by atoms with van der Waals surface area (Å²) in [4.78, 5) is 10.9. The number of hydrogen-bond acceptors (Lipinski definition) is 2. The second-order valence-electron chi connectivity index (χ2n) is 4.55. The van der Waals surface area contributed by atoms with Gasteiger partial charge in [0.1, 0.15) is 0 Å². The maximum atomic E-state index is 13.3. The molecule has 0 bridgehead atoms. The van der Waals surface area contributed by atoms with Gasteiger partial charge in [0.15, 0.2) is 11.6 Å². The van der Waals surface area contributed by atoms with Crippen LogP contribution in [0.3, 0.4) is 0 Å². The zero-order valence-electron chi connectivity index (χ0n) is 9.70. The molecule has 1 fully saturated rings. The molecule has 1 N–H and O–H groups in total. The van der Waals surface area contributed by atoms with Crippen molar-refractivity contribution >= 4 is 5.97 Å². The van der Waals surface area contributed by atoms with Gasteiger partial charge < -0.3 is 9.84 Å². The normalized spacial score (nSPS) is 17.3. The predicted octanol–water partition coefficient (Wildman–Crippen LogP) is 2.73. The molecule has 2 rings (SSSR count). The van der Waals surface area contributed by atoms with E-state index in [0.29, 0.717) is 0 Å². The number of rotatable bonds is 4. The second-order valence-corrected chi connectivity index (χ2v) is 4.55. The van der Waals surface area contributed by atoms with E-state index in [2.05, 4.69) is 0 Å². The van der Waals surface area contributed by atoms with Crippen molar-refractivity contribution in [1.29, 1.82) is 0 Å². The van der Waals surface area contributed by atoms with Crippen LogP contribution in [0.4, 0.5) is 4.39 Å². The molecular weight excluding hydrogens is 223 g/mol. The molecule has 1 aromatic carbocycles. The third-order valence-corrected chi connectivity index (χ3v) is 3.56. The van der Waals surface area contributed by atoms with Crippen LogP contribution in [-0.4, -0.2) is 18.2 Å². The van der Waals surface area contributed by atoms with Gasteiger partial charge in [-0.2, -0.15) is 0 Å². The highest BCUT2D eigenvalue weighted by Crippen LogP contribution is 2.47. The van der Waals surface area contributed by atoms with Crippen molar-refractivity contribution in [3.63, 3.8) is 0 Å². The first-order valence-corrected chi connectivity index (χ1v) is 5.63. The Kier molecular flexibility index (Phi) is 3.05. The lowest BCUT2D eigenvalue weighted by atomic mass is 9.62. The van der Waals surface area contributed by atoms with Crippen LogP contribution in [0.1, 0.15) is 31.2 Å². The van der Waals surface area contributed by atoms with Crippen molar-refractivity contribution in [3.05, 3.63) is 29.6 Å². The number of halogens is 1. The third kappa shape index (κ3) is 2.12. The van der Waals surface area contributed by atoms with Crippen molar-refractivity contribution in [2.75, 3.05) is 7.11 Å². The topological polar surface area (TPSA) is 46.5 Å². The molecule has 4 heteroatoms. The van der Waals surface area contributed by atoms with Crippen LogP contribution in [0, 0.1) is 5.82 Å². The molecule has 3 nitrogen and oxygen atoms in total. The van der Waals surface area contributed by atoms with Crippen LogP contribution in [0.2, 0.25) is 0 Å². The zero-order chi connectivity index (χ0) is 12.5. The van der Waals surface area contributed by atoms with E-state index >= 15 is 0 Å². The molecule has 0 aliphatic heterocycles.